The molecule has 0 saturated carbocycles. The number of imidazole rings is 1. The van der Waals surface area contributed by atoms with Gasteiger partial charge in [-0.2, -0.15) is 5.26 Å². The molecule has 1 unspecified atom stereocenters. The first kappa shape index (κ1) is 24.5. The number of pyridine rings is 1. The van der Waals surface area contributed by atoms with Gasteiger partial charge in [-0.1, -0.05) is 38.5 Å². The molecular formula is C27H32N6O2S. The Labute approximate surface area is 212 Å². The van der Waals surface area contributed by atoms with E-state index in [1.807, 2.05) is 6.07 Å². The van der Waals surface area contributed by atoms with Gasteiger partial charge in [-0.3, -0.25) is 0 Å². The summed E-state index contributed by atoms with van der Waals surface area (Å²) in [6.07, 6.45) is 7.74. The van der Waals surface area contributed by atoms with E-state index in [0.717, 1.165) is 67.6 Å². The molecule has 0 aliphatic carbocycles. The highest BCUT2D eigenvalue weighted by molar-refractivity contribution is 7.90. The Morgan fingerprint density at radius 1 is 1.17 bits per heavy atom. The topological polar surface area (TPSA) is 96.8 Å². The van der Waals surface area contributed by atoms with Crippen molar-refractivity contribution >= 4 is 32.1 Å². The third-order valence-electron chi connectivity index (χ3n) is 7.39. The maximum absolute atomic E-state index is 13.4. The van der Waals surface area contributed by atoms with E-state index in [4.69, 9.17) is 10.2 Å². The molecule has 36 heavy (non-hydrogen) atoms. The van der Waals surface area contributed by atoms with Crippen LogP contribution in [0.15, 0.2) is 53.7 Å². The zero-order valence-corrected chi connectivity index (χ0v) is 21.7. The van der Waals surface area contributed by atoms with E-state index in [2.05, 4.69) is 34.4 Å². The minimum absolute atomic E-state index is 0.236. The van der Waals surface area contributed by atoms with Crippen molar-refractivity contribution in [1.29, 1.82) is 5.26 Å². The van der Waals surface area contributed by atoms with Crippen LogP contribution in [0.1, 0.15) is 51.4 Å². The van der Waals surface area contributed by atoms with Crippen molar-refractivity contribution in [2.45, 2.75) is 56.9 Å². The molecule has 1 atom stereocenters. The van der Waals surface area contributed by atoms with Crippen molar-refractivity contribution in [3.05, 3.63) is 54.6 Å². The monoisotopic (exact) mass is 504 g/mol. The number of hydrogen-bond donors (Lipinski definition) is 0. The van der Waals surface area contributed by atoms with E-state index < -0.39 is 10.0 Å². The van der Waals surface area contributed by atoms with Gasteiger partial charge < -0.3 is 9.47 Å². The number of rotatable bonds is 8. The highest BCUT2D eigenvalue weighted by Crippen LogP contribution is 2.34. The number of aromatic nitrogens is 4. The first-order valence-corrected chi connectivity index (χ1v) is 14.1. The SMILES string of the molecule is CCC(C)Cc1nc2cnc3c(ccn3S(=O)(=O)c3ccccc3)c2n1C1CCN(CCC#N)CC1. The average Bonchev–Trinajstić information content (AvgIpc) is 3.50. The fraction of sp³-hybridized carbons (Fsp3) is 0.444. The molecule has 0 radical (unpaired) electrons. The fourth-order valence-corrected chi connectivity index (χ4v) is 6.52. The molecule has 1 aliphatic rings. The third kappa shape index (κ3) is 4.40. The number of nitrogens with zero attached hydrogens (tertiary/aromatic N) is 6. The van der Waals surface area contributed by atoms with Crippen LogP contribution in [-0.4, -0.2) is 51.5 Å². The van der Waals surface area contributed by atoms with Crippen molar-refractivity contribution in [3.8, 4) is 6.07 Å². The fourth-order valence-electron chi connectivity index (χ4n) is 5.20. The number of fused-ring (bicyclic) bond motifs is 3. The molecule has 0 N–H and O–H groups in total. The molecule has 8 nitrogen and oxygen atoms in total. The minimum Gasteiger partial charge on any atom is -0.324 e. The van der Waals surface area contributed by atoms with E-state index in [0.29, 0.717) is 18.0 Å². The van der Waals surface area contributed by atoms with Crippen LogP contribution in [0, 0.1) is 17.2 Å². The van der Waals surface area contributed by atoms with E-state index in [1.54, 1.807) is 42.7 Å². The second-order valence-electron chi connectivity index (χ2n) is 9.76. The number of hydrogen-bond acceptors (Lipinski definition) is 6. The molecule has 1 saturated heterocycles. The molecular weight excluding hydrogens is 472 g/mol. The van der Waals surface area contributed by atoms with Gasteiger partial charge in [-0.15, -0.1) is 0 Å². The van der Waals surface area contributed by atoms with Crippen LogP contribution in [0.5, 0.6) is 0 Å². The van der Waals surface area contributed by atoms with Gasteiger partial charge in [-0.25, -0.2) is 22.4 Å². The summed E-state index contributed by atoms with van der Waals surface area (Å²) in [7, 11) is -3.77. The molecule has 4 heterocycles. The first-order chi connectivity index (χ1) is 17.4. The predicted octanol–water partition coefficient (Wildman–Crippen LogP) is 4.76. The quantitative estimate of drug-likeness (QED) is 0.343. The lowest BCUT2D eigenvalue weighted by molar-refractivity contribution is 0.190. The summed E-state index contributed by atoms with van der Waals surface area (Å²) < 4.78 is 30.5. The largest absolute Gasteiger partial charge is 0.324 e. The van der Waals surface area contributed by atoms with Crippen molar-refractivity contribution in [2.75, 3.05) is 19.6 Å². The van der Waals surface area contributed by atoms with Crippen molar-refractivity contribution < 1.29 is 8.42 Å². The summed E-state index contributed by atoms with van der Waals surface area (Å²) in [4.78, 5) is 12.2. The van der Waals surface area contributed by atoms with Crippen LogP contribution < -0.4 is 0 Å². The van der Waals surface area contributed by atoms with Crippen LogP contribution in [0.25, 0.3) is 22.1 Å². The average molecular weight is 505 g/mol. The van der Waals surface area contributed by atoms with Gasteiger partial charge in [0.05, 0.1) is 22.7 Å². The standard InChI is InChI=1S/C27H32N6O2S/c1-3-20(2)18-25-30-24-19-29-27-23(12-17-32(27)36(34,35)22-8-5-4-6-9-22)26(24)33(25)21-10-15-31(16-11-21)14-7-13-28/h4-6,8-9,12,17,19-21H,3,7,10-11,14-16,18H2,1-2H3. The molecule has 9 heteroatoms. The Balaban J connectivity index is 1.62. The van der Waals surface area contributed by atoms with Gasteiger partial charge in [0.15, 0.2) is 5.65 Å². The van der Waals surface area contributed by atoms with Crippen LogP contribution in [0.2, 0.25) is 0 Å². The molecule has 5 rings (SSSR count). The van der Waals surface area contributed by atoms with Gasteiger partial charge >= 0.3 is 0 Å². The van der Waals surface area contributed by atoms with Crippen LogP contribution in [0.4, 0.5) is 0 Å². The highest BCUT2D eigenvalue weighted by atomic mass is 32.2. The summed E-state index contributed by atoms with van der Waals surface area (Å²) >= 11 is 0. The zero-order valence-electron chi connectivity index (χ0n) is 20.8. The smallest absolute Gasteiger partial charge is 0.269 e. The summed E-state index contributed by atoms with van der Waals surface area (Å²) in [6.45, 7) is 7.12. The van der Waals surface area contributed by atoms with E-state index in [9.17, 15) is 8.42 Å². The molecule has 1 aromatic carbocycles. The maximum atomic E-state index is 13.4. The van der Waals surface area contributed by atoms with E-state index in [-0.39, 0.29) is 10.9 Å². The Kier molecular flexibility index (Phi) is 6.82. The van der Waals surface area contributed by atoms with Crippen LogP contribution in [-0.2, 0) is 16.4 Å². The van der Waals surface area contributed by atoms with Gasteiger partial charge in [0.1, 0.15) is 11.3 Å². The van der Waals surface area contributed by atoms with Crippen molar-refractivity contribution in [1.82, 2.24) is 23.4 Å². The Morgan fingerprint density at radius 2 is 1.92 bits per heavy atom. The Morgan fingerprint density at radius 3 is 2.61 bits per heavy atom. The maximum Gasteiger partial charge on any atom is 0.269 e. The zero-order chi connectivity index (χ0) is 25.3. The molecule has 0 bridgehead atoms. The van der Waals surface area contributed by atoms with Gasteiger partial charge in [0, 0.05) is 50.1 Å². The van der Waals surface area contributed by atoms with Crippen molar-refractivity contribution in [2.24, 2.45) is 5.92 Å². The van der Waals surface area contributed by atoms with Crippen LogP contribution >= 0.6 is 0 Å². The number of likely N-dealkylation sites (tertiary alicyclic amines) is 1. The molecule has 1 fully saturated rings. The highest BCUT2D eigenvalue weighted by Gasteiger charge is 2.28. The number of benzene rings is 1. The summed E-state index contributed by atoms with van der Waals surface area (Å²) in [5.41, 5.74) is 2.20. The molecule has 3 aromatic heterocycles. The summed E-state index contributed by atoms with van der Waals surface area (Å²) in [5, 5.41) is 9.76. The van der Waals surface area contributed by atoms with Crippen LogP contribution in [0.3, 0.4) is 0 Å². The van der Waals surface area contributed by atoms with E-state index >= 15 is 0 Å². The number of nitriles is 1. The lowest BCUT2D eigenvalue weighted by Gasteiger charge is -2.33. The molecule has 1 aliphatic heterocycles. The first-order valence-electron chi connectivity index (χ1n) is 12.7. The van der Waals surface area contributed by atoms with E-state index in [1.165, 1.54) is 3.97 Å². The number of piperidine rings is 1. The lowest BCUT2D eigenvalue weighted by atomic mass is 10.0. The summed E-state index contributed by atoms with van der Waals surface area (Å²) in [6, 6.07) is 12.8. The molecule has 0 amide bonds. The molecule has 0 spiro atoms. The Hall–Kier alpha value is -3.22. The second-order valence-corrected chi connectivity index (χ2v) is 11.6. The molecule has 188 valence electrons. The van der Waals surface area contributed by atoms with Gasteiger partial charge in [-0.05, 0) is 37.0 Å². The van der Waals surface area contributed by atoms with Gasteiger partial charge in [0.25, 0.3) is 10.0 Å². The molecule has 4 aromatic rings. The summed E-state index contributed by atoms with van der Waals surface area (Å²) in [5.74, 6) is 1.53. The normalized spacial score (nSPS) is 16.5. The van der Waals surface area contributed by atoms with Gasteiger partial charge in [0.2, 0.25) is 0 Å². The lowest BCUT2D eigenvalue weighted by Crippen LogP contribution is -2.35. The Bertz CT molecular complexity index is 1510. The van der Waals surface area contributed by atoms with Crippen molar-refractivity contribution in [3.63, 3.8) is 0 Å². The predicted molar refractivity (Wildman–Crippen MR) is 140 cm³/mol. The second kappa shape index (κ2) is 10.0. The third-order valence-corrected chi connectivity index (χ3v) is 9.07. The minimum atomic E-state index is -3.77.